The summed E-state index contributed by atoms with van der Waals surface area (Å²) in [6.07, 6.45) is 5.18. The summed E-state index contributed by atoms with van der Waals surface area (Å²) in [6, 6.07) is 8.16. The molecule has 0 unspecified atom stereocenters. The van der Waals surface area contributed by atoms with Gasteiger partial charge in [0.2, 0.25) is 5.91 Å². The third-order valence-electron chi connectivity index (χ3n) is 4.55. The third kappa shape index (κ3) is 5.70. The Kier molecular flexibility index (Phi) is 6.52. The summed E-state index contributed by atoms with van der Waals surface area (Å²) in [6.45, 7) is 4.72. The highest BCUT2D eigenvalue weighted by atomic mass is 35.5. The van der Waals surface area contributed by atoms with Gasteiger partial charge in [0.05, 0.1) is 18.8 Å². The lowest BCUT2D eigenvalue weighted by Gasteiger charge is -2.04. The number of ether oxygens (including phenoxy) is 1. The van der Waals surface area contributed by atoms with Gasteiger partial charge in [0, 0.05) is 11.6 Å². The van der Waals surface area contributed by atoms with E-state index in [0.717, 1.165) is 24.1 Å². The van der Waals surface area contributed by atoms with Crippen molar-refractivity contribution in [3.8, 4) is 0 Å². The lowest BCUT2D eigenvalue weighted by Crippen LogP contribution is -2.29. The van der Waals surface area contributed by atoms with Crippen LogP contribution in [0.5, 0.6) is 0 Å². The molecular weight excluding hydrogens is 378 g/mol. The number of halogens is 1. The van der Waals surface area contributed by atoms with Crippen molar-refractivity contribution < 1.29 is 14.3 Å². The number of benzene rings is 1. The van der Waals surface area contributed by atoms with Gasteiger partial charge >= 0.3 is 5.97 Å². The number of hydrogen-bond donors (Lipinski definition) is 1. The van der Waals surface area contributed by atoms with E-state index >= 15 is 0 Å². The Hall–Kier alpha value is -2.60. The second kappa shape index (κ2) is 9.06. The van der Waals surface area contributed by atoms with E-state index in [1.165, 1.54) is 11.6 Å². The molecule has 1 saturated carbocycles. The Balaban J connectivity index is 1.55. The van der Waals surface area contributed by atoms with Crippen molar-refractivity contribution in [1.82, 2.24) is 15.1 Å². The van der Waals surface area contributed by atoms with Crippen LogP contribution in [0.4, 0.5) is 0 Å². The van der Waals surface area contributed by atoms with Crippen molar-refractivity contribution in [2.45, 2.75) is 33.2 Å². The molecule has 1 aromatic carbocycles. The first kappa shape index (κ1) is 20.1. The Bertz CT molecular complexity index is 883. The molecule has 1 heterocycles. The van der Waals surface area contributed by atoms with Gasteiger partial charge in [-0.1, -0.05) is 41.4 Å². The minimum atomic E-state index is -0.422. The van der Waals surface area contributed by atoms with Gasteiger partial charge in [-0.3, -0.25) is 9.59 Å². The van der Waals surface area contributed by atoms with E-state index in [1.54, 1.807) is 10.8 Å². The number of nitrogens with one attached hydrogen (secondary N) is 1. The van der Waals surface area contributed by atoms with E-state index in [1.807, 2.05) is 38.1 Å². The molecule has 0 radical (unpaired) electrons. The number of aromatic nitrogens is 2. The van der Waals surface area contributed by atoms with Gasteiger partial charge in [0.25, 0.3) is 0 Å². The number of amides is 1. The van der Waals surface area contributed by atoms with Crippen molar-refractivity contribution >= 4 is 29.6 Å². The van der Waals surface area contributed by atoms with Gasteiger partial charge in [0.1, 0.15) is 11.7 Å². The van der Waals surface area contributed by atoms with E-state index in [0.29, 0.717) is 29.8 Å². The second-order valence-corrected chi connectivity index (χ2v) is 7.47. The lowest BCUT2D eigenvalue weighted by atomic mass is 10.1. The van der Waals surface area contributed by atoms with Crippen molar-refractivity contribution in [1.29, 1.82) is 0 Å². The minimum Gasteiger partial charge on any atom is -0.464 e. The Morgan fingerprint density at radius 3 is 2.68 bits per heavy atom. The van der Waals surface area contributed by atoms with Crippen LogP contribution in [0.3, 0.4) is 0 Å². The first-order valence-corrected chi connectivity index (χ1v) is 9.70. The molecule has 1 aromatic heterocycles. The maximum Gasteiger partial charge on any atom is 0.325 e. The number of carbonyl (C=O) groups is 2. The van der Waals surface area contributed by atoms with Crippen LogP contribution < -0.4 is 5.32 Å². The molecule has 1 amide bonds. The van der Waals surface area contributed by atoms with Crippen LogP contribution in [-0.4, -0.2) is 34.8 Å². The minimum absolute atomic E-state index is 0.144. The highest BCUT2D eigenvalue weighted by Gasteiger charge is 2.23. The van der Waals surface area contributed by atoms with Gasteiger partial charge in [0.15, 0.2) is 0 Å². The predicted octanol–water partition coefficient (Wildman–Crippen LogP) is 3.28. The zero-order chi connectivity index (χ0) is 20.1. The Morgan fingerprint density at radius 2 is 2.00 bits per heavy atom. The zero-order valence-corrected chi connectivity index (χ0v) is 16.8. The molecule has 1 fully saturated rings. The van der Waals surface area contributed by atoms with E-state index in [-0.39, 0.29) is 12.5 Å². The van der Waals surface area contributed by atoms with Crippen molar-refractivity contribution in [2.24, 2.45) is 5.92 Å². The maximum absolute atomic E-state index is 11.9. The summed E-state index contributed by atoms with van der Waals surface area (Å²) in [5.41, 5.74) is 3.69. The van der Waals surface area contributed by atoms with Crippen LogP contribution in [0, 0.1) is 19.8 Å². The van der Waals surface area contributed by atoms with Crippen molar-refractivity contribution in [2.75, 3.05) is 13.2 Å². The fraction of sp³-hybridized carbons (Fsp3) is 0.381. The SMILES string of the molecule is Cc1ccc(Cn2nc(C)c(/C=C/C(=O)NCC(=O)OCC3CC3)c2Cl)cc1. The van der Waals surface area contributed by atoms with Gasteiger partial charge in [-0.15, -0.1) is 0 Å². The molecule has 2 aromatic rings. The molecule has 0 bridgehead atoms. The number of rotatable bonds is 8. The molecule has 0 saturated heterocycles. The summed E-state index contributed by atoms with van der Waals surface area (Å²) < 4.78 is 6.78. The molecule has 148 valence electrons. The second-order valence-electron chi connectivity index (χ2n) is 7.11. The molecule has 3 rings (SSSR count). The third-order valence-corrected chi connectivity index (χ3v) is 4.95. The molecule has 1 N–H and O–H groups in total. The molecular formula is C21H24ClN3O3. The van der Waals surface area contributed by atoms with Gasteiger partial charge in [-0.2, -0.15) is 5.10 Å². The molecule has 1 aliphatic carbocycles. The Labute approximate surface area is 169 Å². The average Bonchev–Trinajstić information content (AvgIpc) is 3.46. The number of aryl methyl sites for hydroxylation is 2. The smallest absolute Gasteiger partial charge is 0.325 e. The van der Waals surface area contributed by atoms with Crippen molar-refractivity contribution in [3.05, 3.63) is 57.9 Å². The van der Waals surface area contributed by atoms with Crippen molar-refractivity contribution in [3.63, 3.8) is 0 Å². The van der Waals surface area contributed by atoms with Crippen LogP contribution in [0.15, 0.2) is 30.3 Å². The van der Waals surface area contributed by atoms with Gasteiger partial charge in [-0.05, 0) is 44.2 Å². The first-order chi connectivity index (χ1) is 13.4. The highest BCUT2D eigenvalue weighted by Crippen LogP contribution is 2.28. The largest absolute Gasteiger partial charge is 0.464 e. The summed E-state index contributed by atoms with van der Waals surface area (Å²) in [4.78, 5) is 23.5. The summed E-state index contributed by atoms with van der Waals surface area (Å²) in [7, 11) is 0. The monoisotopic (exact) mass is 401 g/mol. The number of esters is 1. The molecule has 1 aliphatic rings. The summed E-state index contributed by atoms with van der Waals surface area (Å²) in [5.74, 6) is -0.306. The fourth-order valence-electron chi connectivity index (χ4n) is 2.65. The molecule has 28 heavy (non-hydrogen) atoms. The standard InChI is InChI=1S/C21H24ClN3O3/c1-14-3-5-16(6-4-14)12-25-21(22)18(15(2)24-25)9-10-19(26)23-11-20(27)28-13-17-7-8-17/h3-6,9-10,17H,7-8,11-13H2,1-2H3,(H,23,26)/b10-9+. The summed E-state index contributed by atoms with van der Waals surface area (Å²) >= 11 is 6.44. The maximum atomic E-state index is 11.9. The number of carbonyl (C=O) groups excluding carboxylic acids is 2. The van der Waals surface area contributed by atoms with Crippen LogP contribution >= 0.6 is 11.6 Å². The normalized spacial score (nSPS) is 13.7. The molecule has 6 nitrogen and oxygen atoms in total. The average molecular weight is 402 g/mol. The lowest BCUT2D eigenvalue weighted by molar-refractivity contribution is -0.144. The molecule has 0 spiro atoms. The number of hydrogen-bond acceptors (Lipinski definition) is 4. The molecule has 0 aliphatic heterocycles. The topological polar surface area (TPSA) is 73.2 Å². The highest BCUT2D eigenvalue weighted by molar-refractivity contribution is 6.31. The zero-order valence-electron chi connectivity index (χ0n) is 16.1. The van der Waals surface area contributed by atoms with Gasteiger partial charge < -0.3 is 10.1 Å². The quantitative estimate of drug-likeness (QED) is 0.544. The summed E-state index contributed by atoms with van der Waals surface area (Å²) in [5, 5.41) is 7.44. The van der Waals surface area contributed by atoms with E-state index < -0.39 is 5.97 Å². The van der Waals surface area contributed by atoms with E-state index in [4.69, 9.17) is 16.3 Å². The predicted molar refractivity (Wildman–Crippen MR) is 108 cm³/mol. The van der Waals surface area contributed by atoms with Gasteiger partial charge in [-0.25, -0.2) is 4.68 Å². The van der Waals surface area contributed by atoms with Crippen LogP contribution in [0.25, 0.3) is 6.08 Å². The fourth-order valence-corrected chi connectivity index (χ4v) is 2.95. The van der Waals surface area contributed by atoms with Crippen LogP contribution in [-0.2, 0) is 20.9 Å². The van der Waals surface area contributed by atoms with Crippen LogP contribution in [0.1, 0.15) is 35.2 Å². The van der Waals surface area contributed by atoms with E-state index in [2.05, 4.69) is 10.4 Å². The van der Waals surface area contributed by atoms with E-state index in [9.17, 15) is 9.59 Å². The molecule has 7 heteroatoms. The van der Waals surface area contributed by atoms with Crippen LogP contribution in [0.2, 0.25) is 5.15 Å². The first-order valence-electron chi connectivity index (χ1n) is 9.32. The number of nitrogens with zero attached hydrogens (tertiary/aromatic N) is 2. The Morgan fingerprint density at radius 1 is 1.29 bits per heavy atom. The molecule has 0 atom stereocenters.